The molecule has 1 heterocycles. The molecule has 0 radical (unpaired) electrons. The average Bonchev–Trinajstić information content (AvgIpc) is 2.52. The number of carbonyl (C=O) groups excluding carboxylic acids is 1. The van der Waals surface area contributed by atoms with Gasteiger partial charge in [-0.15, -0.1) is 11.5 Å². The molecular weight excluding hydrogens is 168 g/mol. The summed E-state index contributed by atoms with van der Waals surface area (Å²) in [6.45, 7) is 0.487. The Morgan fingerprint density at radius 3 is 3.08 bits per heavy atom. The van der Waals surface area contributed by atoms with Crippen LogP contribution in [-0.4, -0.2) is 20.8 Å². The first-order chi connectivity index (χ1) is 6.26. The van der Waals surface area contributed by atoms with Crippen molar-refractivity contribution in [2.45, 2.75) is 19.5 Å². The number of aromatic nitrogens is 3. The van der Waals surface area contributed by atoms with Crippen molar-refractivity contribution in [1.82, 2.24) is 15.0 Å². The van der Waals surface area contributed by atoms with Gasteiger partial charge in [-0.05, 0) is 0 Å². The Hall–Kier alpha value is -1.67. The molecule has 68 valence electrons. The predicted molar refractivity (Wildman–Crippen MR) is 46.4 cm³/mol. The van der Waals surface area contributed by atoms with E-state index in [0.717, 1.165) is 0 Å². The van der Waals surface area contributed by atoms with Crippen molar-refractivity contribution in [2.75, 3.05) is 0 Å². The number of hydrogen-bond acceptors (Lipinski definition) is 4. The highest BCUT2D eigenvalue weighted by Gasteiger charge is 2.03. The molecule has 0 aliphatic rings. The molecule has 0 aliphatic carbocycles. The molecule has 2 N–H and O–H groups in total. The minimum Gasteiger partial charge on any atom is -0.325 e. The van der Waals surface area contributed by atoms with E-state index in [-0.39, 0.29) is 18.7 Å². The van der Waals surface area contributed by atoms with E-state index >= 15 is 0 Å². The van der Waals surface area contributed by atoms with Crippen molar-refractivity contribution in [3.63, 3.8) is 0 Å². The molecular formula is C8H10N4O. The van der Waals surface area contributed by atoms with Crippen LogP contribution in [0.25, 0.3) is 0 Å². The molecule has 1 aromatic rings. The molecule has 0 aromatic carbocycles. The van der Waals surface area contributed by atoms with E-state index in [1.807, 2.05) is 0 Å². The molecule has 1 rings (SSSR count). The summed E-state index contributed by atoms with van der Waals surface area (Å²) in [6, 6.07) is 0. The van der Waals surface area contributed by atoms with E-state index in [4.69, 9.17) is 12.2 Å². The third kappa shape index (κ3) is 2.69. The zero-order chi connectivity index (χ0) is 9.68. The van der Waals surface area contributed by atoms with Crippen molar-refractivity contribution in [2.24, 2.45) is 5.73 Å². The molecule has 0 saturated carbocycles. The van der Waals surface area contributed by atoms with Gasteiger partial charge in [0.05, 0.1) is 18.3 Å². The summed E-state index contributed by atoms with van der Waals surface area (Å²) in [7, 11) is 0. The lowest BCUT2D eigenvalue weighted by Gasteiger charge is -1.94. The van der Waals surface area contributed by atoms with Crippen LogP contribution in [0.1, 0.15) is 12.1 Å². The van der Waals surface area contributed by atoms with Gasteiger partial charge in [0.2, 0.25) is 0 Å². The van der Waals surface area contributed by atoms with Gasteiger partial charge < -0.3 is 5.73 Å². The van der Waals surface area contributed by atoms with Crippen LogP contribution in [0.3, 0.4) is 0 Å². The summed E-state index contributed by atoms with van der Waals surface area (Å²) in [6.07, 6.45) is 6.73. The van der Waals surface area contributed by atoms with Gasteiger partial charge in [-0.3, -0.25) is 4.79 Å². The van der Waals surface area contributed by atoms with Gasteiger partial charge in [0, 0.05) is 6.54 Å². The lowest BCUT2D eigenvalue weighted by molar-refractivity contribution is -0.118. The van der Waals surface area contributed by atoms with E-state index in [0.29, 0.717) is 12.2 Å². The maximum Gasteiger partial charge on any atom is 0.166 e. The fourth-order valence-corrected chi connectivity index (χ4v) is 0.860. The first-order valence-electron chi connectivity index (χ1n) is 3.80. The van der Waals surface area contributed by atoms with E-state index in [1.54, 1.807) is 6.20 Å². The number of rotatable bonds is 4. The normalized spacial score (nSPS) is 9.54. The molecule has 0 amide bonds. The van der Waals surface area contributed by atoms with Crippen LogP contribution in [0.15, 0.2) is 6.20 Å². The van der Waals surface area contributed by atoms with Crippen molar-refractivity contribution in [3.8, 4) is 12.3 Å². The van der Waals surface area contributed by atoms with Gasteiger partial charge in [-0.2, -0.15) is 0 Å². The quantitative estimate of drug-likeness (QED) is 0.620. The zero-order valence-corrected chi connectivity index (χ0v) is 7.10. The van der Waals surface area contributed by atoms with E-state index in [1.165, 1.54) is 4.68 Å². The topological polar surface area (TPSA) is 73.8 Å². The second kappa shape index (κ2) is 4.38. The van der Waals surface area contributed by atoms with E-state index in [9.17, 15) is 4.79 Å². The van der Waals surface area contributed by atoms with Crippen molar-refractivity contribution >= 4 is 5.78 Å². The monoisotopic (exact) mass is 178 g/mol. The van der Waals surface area contributed by atoms with E-state index < -0.39 is 0 Å². The number of nitrogens with two attached hydrogens (primary N) is 1. The molecule has 0 atom stereocenters. The Labute approximate surface area is 75.9 Å². The fraction of sp³-hybridized carbons (Fsp3) is 0.375. The molecule has 0 fully saturated rings. The Bertz CT molecular complexity index is 336. The van der Waals surface area contributed by atoms with Crippen LogP contribution in [0.4, 0.5) is 0 Å². The highest BCUT2D eigenvalue weighted by molar-refractivity contribution is 5.80. The number of nitrogens with zero attached hydrogens (tertiary/aromatic N) is 3. The number of terminal acetylenes is 1. The molecule has 5 heteroatoms. The predicted octanol–water partition coefficient (Wildman–Crippen LogP) is -0.671. The van der Waals surface area contributed by atoms with Gasteiger partial charge in [0.1, 0.15) is 6.54 Å². The van der Waals surface area contributed by atoms with Gasteiger partial charge in [-0.25, -0.2) is 4.68 Å². The maximum atomic E-state index is 11.0. The summed E-state index contributed by atoms with van der Waals surface area (Å²) in [5.41, 5.74) is 5.98. The molecule has 13 heavy (non-hydrogen) atoms. The maximum absolute atomic E-state index is 11.0. The lowest BCUT2D eigenvalue weighted by Crippen LogP contribution is -2.09. The van der Waals surface area contributed by atoms with Gasteiger partial charge in [0.15, 0.2) is 5.78 Å². The van der Waals surface area contributed by atoms with E-state index in [2.05, 4.69) is 16.2 Å². The van der Waals surface area contributed by atoms with Gasteiger partial charge in [0.25, 0.3) is 0 Å². The molecule has 0 bridgehead atoms. The van der Waals surface area contributed by atoms with Gasteiger partial charge in [-0.1, -0.05) is 11.1 Å². The zero-order valence-electron chi connectivity index (χ0n) is 7.10. The molecule has 0 spiro atoms. The molecule has 0 unspecified atom stereocenters. The van der Waals surface area contributed by atoms with Gasteiger partial charge >= 0.3 is 0 Å². The number of Topliss-reactive ketones (excluding diaryl/α,β-unsaturated/α-hetero) is 1. The molecule has 1 aromatic heterocycles. The standard InChI is InChI=1S/C8H10N4O/c1-2-3-8(13)6-12-5-7(4-9)10-11-12/h1,5H,3-4,6,9H2. The Kier molecular flexibility index (Phi) is 3.17. The third-order valence-electron chi connectivity index (χ3n) is 1.43. The Morgan fingerprint density at radius 1 is 1.77 bits per heavy atom. The summed E-state index contributed by atoms with van der Waals surface area (Å²) in [5.74, 6) is 2.21. The van der Waals surface area contributed by atoms with Crippen LogP contribution in [0.5, 0.6) is 0 Å². The van der Waals surface area contributed by atoms with Crippen molar-refractivity contribution in [1.29, 1.82) is 0 Å². The van der Waals surface area contributed by atoms with Crippen LogP contribution in [-0.2, 0) is 17.9 Å². The largest absolute Gasteiger partial charge is 0.325 e. The Morgan fingerprint density at radius 2 is 2.54 bits per heavy atom. The second-order valence-corrected chi connectivity index (χ2v) is 2.53. The number of carbonyl (C=O) groups is 1. The smallest absolute Gasteiger partial charge is 0.166 e. The first-order valence-corrected chi connectivity index (χ1v) is 3.80. The summed E-state index contributed by atoms with van der Waals surface area (Å²) in [4.78, 5) is 11.0. The SMILES string of the molecule is C#CCC(=O)Cn1cc(CN)nn1. The van der Waals surface area contributed by atoms with Crippen LogP contribution < -0.4 is 5.73 Å². The number of hydrogen-bond donors (Lipinski definition) is 1. The highest BCUT2D eigenvalue weighted by Crippen LogP contribution is 1.92. The molecule has 0 saturated heterocycles. The molecule has 5 nitrogen and oxygen atoms in total. The summed E-state index contributed by atoms with van der Waals surface area (Å²) < 4.78 is 1.43. The first kappa shape index (κ1) is 9.42. The van der Waals surface area contributed by atoms with Crippen LogP contribution in [0.2, 0.25) is 0 Å². The minimum absolute atomic E-state index is 0.0593. The third-order valence-corrected chi connectivity index (χ3v) is 1.43. The minimum atomic E-state index is -0.0593. The average molecular weight is 178 g/mol. The molecule has 0 aliphatic heterocycles. The summed E-state index contributed by atoms with van der Waals surface area (Å²) >= 11 is 0. The fourth-order valence-electron chi connectivity index (χ4n) is 0.860. The summed E-state index contributed by atoms with van der Waals surface area (Å²) in [5, 5.41) is 7.44. The van der Waals surface area contributed by atoms with Crippen molar-refractivity contribution < 1.29 is 4.79 Å². The van der Waals surface area contributed by atoms with Crippen LogP contribution in [0, 0.1) is 12.3 Å². The Balaban J connectivity index is 2.55. The lowest BCUT2D eigenvalue weighted by atomic mass is 10.3. The van der Waals surface area contributed by atoms with Crippen molar-refractivity contribution in [3.05, 3.63) is 11.9 Å². The highest BCUT2D eigenvalue weighted by atomic mass is 16.1. The second-order valence-electron chi connectivity index (χ2n) is 2.53. The van der Waals surface area contributed by atoms with Crippen LogP contribution >= 0.6 is 0 Å². The number of ketones is 1.